The average Bonchev–Trinajstić information content (AvgIpc) is 3.15. The molecule has 0 spiro atoms. The normalized spacial score (nSPS) is 11.4. The van der Waals surface area contributed by atoms with Crippen molar-refractivity contribution in [3.8, 4) is 11.1 Å². The first-order valence-corrected chi connectivity index (χ1v) is 9.21. The van der Waals surface area contributed by atoms with Crippen molar-refractivity contribution in [1.29, 1.82) is 0 Å². The molecular weight excluding hydrogens is 443 g/mol. The number of carbonyl (C=O) groups excluding carboxylic acids is 1. The Labute approximate surface area is 182 Å². The number of aromatic nitrogens is 4. The number of aromatic carboxylic acids is 1. The number of urea groups is 1. The minimum absolute atomic E-state index is 0.0858. The molecule has 0 aliphatic heterocycles. The van der Waals surface area contributed by atoms with Crippen molar-refractivity contribution in [2.75, 3.05) is 16.4 Å². The van der Waals surface area contributed by atoms with Crippen LogP contribution in [0.4, 0.5) is 35.3 Å². The summed E-state index contributed by atoms with van der Waals surface area (Å²) in [5.74, 6) is -1.38. The Bertz CT molecular complexity index is 1370. The summed E-state index contributed by atoms with van der Waals surface area (Å²) in [5, 5.41) is 18.1. The molecule has 168 valence electrons. The molecule has 0 radical (unpaired) electrons. The van der Waals surface area contributed by atoms with Crippen LogP contribution in [-0.2, 0) is 6.18 Å². The maximum Gasteiger partial charge on any atom is 0.433 e. The number of benzene rings is 1. The number of nitrogens with zero attached hydrogens (tertiary/aromatic N) is 4. The molecule has 0 saturated heterocycles. The third kappa shape index (κ3) is 4.37. The van der Waals surface area contributed by atoms with Gasteiger partial charge in [-0.1, -0.05) is 18.2 Å². The standard InChI is InChI=1S/C20H14F3N7O3/c21-20(22,23)14-2-1-3-15(28-14)29-19(33)27-11-6-4-10(5-7-11)12-8-13(18(31)32)30-16(12)17(24)25-9-26-30/h1-9H,(H,31,32)(H2,24,25,26)(H2,27,28,29,33). The quantitative estimate of drug-likeness (QED) is 0.365. The first-order valence-electron chi connectivity index (χ1n) is 9.21. The Hall–Kier alpha value is -4.68. The number of amides is 2. The van der Waals surface area contributed by atoms with E-state index in [-0.39, 0.29) is 17.3 Å². The Morgan fingerprint density at radius 2 is 1.79 bits per heavy atom. The fourth-order valence-electron chi connectivity index (χ4n) is 3.11. The summed E-state index contributed by atoms with van der Waals surface area (Å²) >= 11 is 0. The van der Waals surface area contributed by atoms with Gasteiger partial charge in [0.05, 0.1) is 0 Å². The molecule has 5 N–H and O–H groups in total. The molecule has 0 saturated carbocycles. The number of nitrogens with two attached hydrogens (primary N) is 1. The zero-order valence-electron chi connectivity index (χ0n) is 16.5. The number of hydrogen-bond acceptors (Lipinski definition) is 6. The van der Waals surface area contributed by atoms with Gasteiger partial charge in [0.2, 0.25) is 0 Å². The van der Waals surface area contributed by atoms with Crippen LogP contribution in [0.3, 0.4) is 0 Å². The third-order valence-electron chi connectivity index (χ3n) is 4.54. The molecule has 0 fully saturated rings. The lowest BCUT2D eigenvalue weighted by Gasteiger charge is -2.10. The molecule has 33 heavy (non-hydrogen) atoms. The SMILES string of the molecule is Nc1ncnn2c(C(=O)O)cc(-c3ccc(NC(=O)Nc4cccc(C(F)(F)F)n4)cc3)c12. The van der Waals surface area contributed by atoms with Crippen molar-refractivity contribution in [2.45, 2.75) is 6.18 Å². The largest absolute Gasteiger partial charge is 0.477 e. The smallest absolute Gasteiger partial charge is 0.433 e. The van der Waals surface area contributed by atoms with Gasteiger partial charge in [-0.2, -0.15) is 18.3 Å². The first-order chi connectivity index (χ1) is 15.6. The van der Waals surface area contributed by atoms with Crippen LogP contribution >= 0.6 is 0 Å². The van der Waals surface area contributed by atoms with Gasteiger partial charge in [-0.25, -0.2) is 24.1 Å². The van der Waals surface area contributed by atoms with Gasteiger partial charge in [-0.05, 0) is 35.9 Å². The number of carbonyl (C=O) groups is 2. The summed E-state index contributed by atoms with van der Waals surface area (Å²) in [6.45, 7) is 0. The molecule has 0 aliphatic carbocycles. The number of nitrogens with one attached hydrogen (secondary N) is 2. The van der Waals surface area contributed by atoms with E-state index in [2.05, 4.69) is 25.7 Å². The second-order valence-electron chi connectivity index (χ2n) is 6.72. The molecule has 4 aromatic rings. The lowest BCUT2D eigenvalue weighted by molar-refractivity contribution is -0.141. The van der Waals surface area contributed by atoms with E-state index in [1.165, 1.54) is 28.8 Å². The van der Waals surface area contributed by atoms with Crippen LogP contribution in [0.15, 0.2) is 54.9 Å². The number of nitrogen functional groups attached to an aromatic ring is 1. The first kappa shape index (κ1) is 21.5. The zero-order chi connectivity index (χ0) is 23.8. The van der Waals surface area contributed by atoms with Gasteiger partial charge < -0.3 is 16.2 Å². The molecule has 0 bridgehead atoms. The molecule has 1 aromatic carbocycles. The van der Waals surface area contributed by atoms with Gasteiger partial charge in [-0.3, -0.25) is 5.32 Å². The van der Waals surface area contributed by atoms with Gasteiger partial charge in [0.15, 0.2) is 11.5 Å². The fourth-order valence-corrected chi connectivity index (χ4v) is 3.11. The Morgan fingerprint density at radius 1 is 1.06 bits per heavy atom. The van der Waals surface area contributed by atoms with Crippen LogP contribution in [0.1, 0.15) is 16.2 Å². The van der Waals surface area contributed by atoms with E-state index in [4.69, 9.17) is 5.73 Å². The molecule has 3 heterocycles. The summed E-state index contributed by atoms with van der Waals surface area (Å²) in [7, 11) is 0. The topological polar surface area (TPSA) is 148 Å². The van der Waals surface area contributed by atoms with E-state index in [0.29, 0.717) is 22.3 Å². The fraction of sp³-hybridized carbons (Fsp3) is 0.0500. The van der Waals surface area contributed by atoms with E-state index >= 15 is 0 Å². The van der Waals surface area contributed by atoms with Crippen molar-refractivity contribution in [2.24, 2.45) is 0 Å². The molecule has 0 atom stereocenters. The van der Waals surface area contributed by atoms with Crippen LogP contribution < -0.4 is 16.4 Å². The number of rotatable bonds is 4. The summed E-state index contributed by atoms with van der Waals surface area (Å²) < 4.78 is 39.4. The second-order valence-corrected chi connectivity index (χ2v) is 6.72. The van der Waals surface area contributed by atoms with Crippen molar-refractivity contribution in [3.63, 3.8) is 0 Å². The maximum absolute atomic E-state index is 12.8. The maximum atomic E-state index is 12.8. The summed E-state index contributed by atoms with van der Waals surface area (Å²) in [6, 6.07) is 10.0. The highest BCUT2D eigenvalue weighted by atomic mass is 19.4. The number of halogens is 3. The predicted molar refractivity (Wildman–Crippen MR) is 112 cm³/mol. The van der Waals surface area contributed by atoms with Gasteiger partial charge in [0.25, 0.3) is 0 Å². The minimum atomic E-state index is -4.64. The minimum Gasteiger partial charge on any atom is -0.477 e. The van der Waals surface area contributed by atoms with Gasteiger partial charge in [0.1, 0.15) is 23.4 Å². The number of hydrogen-bond donors (Lipinski definition) is 4. The van der Waals surface area contributed by atoms with E-state index in [0.717, 1.165) is 18.5 Å². The molecule has 0 unspecified atom stereocenters. The van der Waals surface area contributed by atoms with E-state index in [1.54, 1.807) is 12.1 Å². The summed E-state index contributed by atoms with van der Waals surface area (Å²) in [5.41, 5.74) is 6.35. The molecule has 10 nitrogen and oxygen atoms in total. The van der Waals surface area contributed by atoms with Crippen molar-refractivity contribution >= 4 is 34.8 Å². The zero-order valence-corrected chi connectivity index (χ0v) is 16.5. The van der Waals surface area contributed by atoms with Crippen molar-refractivity contribution < 1.29 is 27.9 Å². The van der Waals surface area contributed by atoms with E-state index < -0.39 is 23.9 Å². The van der Waals surface area contributed by atoms with Crippen LogP contribution in [-0.4, -0.2) is 36.7 Å². The Morgan fingerprint density at radius 3 is 2.45 bits per heavy atom. The van der Waals surface area contributed by atoms with E-state index in [1.807, 2.05) is 0 Å². The highest BCUT2D eigenvalue weighted by Crippen LogP contribution is 2.31. The third-order valence-corrected chi connectivity index (χ3v) is 4.54. The number of carboxylic acids is 1. The number of anilines is 3. The molecule has 2 amide bonds. The molecule has 3 aromatic heterocycles. The van der Waals surface area contributed by atoms with Crippen LogP contribution in [0, 0.1) is 0 Å². The lowest BCUT2D eigenvalue weighted by Crippen LogP contribution is -2.21. The van der Waals surface area contributed by atoms with E-state index in [9.17, 15) is 27.9 Å². The monoisotopic (exact) mass is 457 g/mol. The number of alkyl halides is 3. The summed E-state index contributed by atoms with van der Waals surface area (Å²) in [4.78, 5) is 30.9. The predicted octanol–water partition coefficient (Wildman–Crippen LogP) is 3.73. The van der Waals surface area contributed by atoms with Gasteiger partial charge in [0, 0.05) is 11.3 Å². The Balaban J connectivity index is 1.54. The summed E-state index contributed by atoms with van der Waals surface area (Å²) in [6.07, 6.45) is -3.49. The average molecular weight is 457 g/mol. The van der Waals surface area contributed by atoms with Gasteiger partial charge in [-0.15, -0.1) is 0 Å². The second kappa shape index (κ2) is 8.11. The van der Waals surface area contributed by atoms with Crippen LogP contribution in [0.25, 0.3) is 16.6 Å². The van der Waals surface area contributed by atoms with Crippen molar-refractivity contribution in [3.05, 3.63) is 66.2 Å². The lowest BCUT2D eigenvalue weighted by atomic mass is 10.1. The van der Waals surface area contributed by atoms with Crippen LogP contribution in [0.2, 0.25) is 0 Å². The molecule has 0 aliphatic rings. The van der Waals surface area contributed by atoms with Gasteiger partial charge >= 0.3 is 18.2 Å². The number of fused-ring (bicyclic) bond motifs is 1. The Kier molecular flexibility index (Phi) is 5.29. The number of pyridine rings is 1. The molecule has 4 rings (SSSR count). The molecule has 13 heteroatoms. The van der Waals surface area contributed by atoms with Crippen LogP contribution in [0.5, 0.6) is 0 Å². The van der Waals surface area contributed by atoms with Crippen molar-refractivity contribution in [1.82, 2.24) is 19.6 Å². The molecular formula is C20H14F3N7O3. The number of carboxylic acid groups (broad SMARTS) is 1. The highest BCUT2D eigenvalue weighted by molar-refractivity contribution is 6.00. The highest BCUT2D eigenvalue weighted by Gasteiger charge is 2.32.